The summed E-state index contributed by atoms with van der Waals surface area (Å²) in [5.74, 6) is 0.464. The maximum absolute atomic E-state index is 12.0. The van der Waals surface area contributed by atoms with Crippen LogP contribution in [0.4, 0.5) is 0 Å². The van der Waals surface area contributed by atoms with E-state index < -0.39 is 0 Å². The molecule has 0 aromatic carbocycles. The van der Waals surface area contributed by atoms with E-state index in [0.29, 0.717) is 25.7 Å². The predicted octanol–water partition coefficient (Wildman–Crippen LogP) is -0.193. The Labute approximate surface area is 104 Å². The maximum Gasteiger partial charge on any atom is 0.239 e. The summed E-state index contributed by atoms with van der Waals surface area (Å²) in [7, 11) is 0. The molecule has 100 valence electrons. The van der Waals surface area contributed by atoms with Crippen molar-refractivity contribution in [2.24, 2.45) is 11.7 Å². The third-order valence-corrected chi connectivity index (χ3v) is 2.92. The Morgan fingerprint density at radius 1 is 1.53 bits per heavy atom. The minimum Gasteiger partial charge on any atom is -0.378 e. The molecule has 1 heterocycles. The molecule has 1 fully saturated rings. The maximum atomic E-state index is 12.0. The average Bonchev–Trinajstić information content (AvgIpc) is 2.28. The Hall–Kier alpha value is -0.650. The Morgan fingerprint density at radius 3 is 2.82 bits per heavy atom. The monoisotopic (exact) mass is 243 g/mol. The molecule has 0 bridgehead atoms. The Bertz CT molecular complexity index is 246. The fourth-order valence-corrected chi connectivity index (χ4v) is 1.95. The number of hydrogen-bond acceptors (Lipinski definition) is 4. The van der Waals surface area contributed by atoms with Gasteiger partial charge in [-0.25, -0.2) is 0 Å². The summed E-state index contributed by atoms with van der Waals surface area (Å²) in [5, 5.41) is 2.94. The van der Waals surface area contributed by atoms with Crippen LogP contribution in [0.25, 0.3) is 0 Å². The topological polar surface area (TPSA) is 67.6 Å². The molecule has 0 aliphatic carbocycles. The quantitative estimate of drug-likeness (QED) is 0.702. The minimum absolute atomic E-state index is 0.0592. The largest absolute Gasteiger partial charge is 0.378 e. The molecule has 1 aliphatic heterocycles. The van der Waals surface area contributed by atoms with Crippen LogP contribution in [-0.2, 0) is 9.53 Å². The Balaban J connectivity index is 2.55. The van der Waals surface area contributed by atoms with Crippen LogP contribution in [0.15, 0.2) is 0 Å². The summed E-state index contributed by atoms with van der Waals surface area (Å²) in [6.45, 7) is 9.53. The molecule has 0 saturated carbocycles. The van der Waals surface area contributed by atoms with Crippen LogP contribution in [0, 0.1) is 5.92 Å². The molecule has 1 rings (SSSR count). The van der Waals surface area contributed by atoms with Gasteiger partial charge < -0.3 is 15.8 Å². The highest BCUT2D eigenvalue weighted by Crippen LogP contribution is 2.10. The summed E-state index contributed by atoms with van der Waals surface area (Å²) in [5.41, 5.74) is 5.63. The highest BCUT2D eigenvalue weighted by atomic mass is 16.5. The molecule has 1 saturated heterocycles. The van der Waals surface area contributed by atoms with Crippen molar-refractivity contribution in [3.8, 4) is 0 Å². The summed E-state index contributed by atoms with van der Waals surface area (Å²) < 4.78 is 5.40. The van der Waals surface area contributed by atoms with E-state index in [1.54, 1.807) is 0 Å². The lowest BCUT2D eigenvalue weighted by Gasteiger charge is -2.36. The second kappa shape index (κ2) is 6.93. The molecule has 17 heavy (non-hydrogen) atoms. The molecule has 5 nitrogen and oxygen atoms in total. The van der Waals surface area contributed by atoms with E-state index in [9.17, 15) is 4.79 Å². The van der Waals surface area contributed by atoms with Gasteiger partial charge in [-0.2, -0.15) is 0 Å². The van der Waals surface area contributed by atoms with Crippen molar-refractivity contribution in [3.63, 3.8) is 0 Å². The van der Waals surface area contributed by atoms with Crippen LogP contribution in [-0.4, -0.2) is 55.7 Å². The molecule has 0 radical (unpaired) electrons. The number of morpholine rings is 1. The summed E-state index contributed by atoms with van der Waals surface area (Å²) >= 11 is 0. The number of amides is 1. The van der Waals surface area contributed by atoms with E-state index in [1.165, 1.54) is 0 Å². The molecule has 0 spiro atoms. The summed E-state index contributed by atoms with van der Waals surface area (Å²) in [6.07, 6.45) is 0. The van der Waals surface area contributed by atoms with Crippen molar-refractivity contribution in [1.82, 2.24) is 10.2 Å². The fraction of sp³-hybridized carbons (Fsp3) is 0.917. The van der Waals surface area contributed by atoms with Gasteiger partial charge in [0.15, 0.2) is 0 Å². The van der Waals surface area contributed by atoms with Crippen molar-refractivity contribution < 1.29 is 9.53 Å². The smallest absolute Gasteiger partial charge is 0.239 e. The highest BCUT2D eigenvalue weighted by molar-refractivity contribution is 5.82. The van der Waals surface area contributed by atoms with Crippen molar-refractivity contribution in [2.45, 2.75) is 32.9 Å². The second-order valence-corrected chi connectivity index (χ2v) is 5.09. The molecule has 2 unspecified atom stereocenters. The third kappa shape index (κ3) is 4.61. The van der Waals surface area contributed by atoms with E-state index in [4.69, 9.17) is 10.5 Å². The molecule has 5 heteroatoms. The average molecular weight is 243 g/mol. The van der Waals surface area contributed by atoms with Gasteiger partial charge in [-0.15, -0.1) is 0 Å². The van der Waals surface area contributed by atoms with Crippen LogP contribution in [0.1, 0.15) is 20.8 Å². The van der Waals surface area contributed by atoms with Crippen LogP contribution in [0.3, 0.4) is 0 Å². The van der Waals surface area contributed by atoms with E-state index >= 15 is 0 Å². The first-order valence-corrected chi connectivity index (χ1v) is 6.36. The predicted molar refractivity (Wildman–Crippen MR) is 67.7 cm³/mol. The molecule has 0 aromatic heterocycles. The van der Waals surface area contributed by atoms with Gasteiger partial charge in [0.1, 0.15) is 6.04 Å². The lowest BCUT2D eigenvalue weighted by molar-refractivity contribution is -0.133. The van der Waals surface area contributed by atoms with E-state index in [-0.39, 0.29) is 18.0 Å². The number of carbonyl (C=O) groups is 1. The second-order valence-electron chi connectivity index (χ2n) is 5.09. The SMILES string of the molecule is CC(CN)CN1CCOCC1C(=O)NC(C)C. The summed E-state index contributed by atoms with van der Waals surface area (Å²) in [4.78, 5) is 14.2. The number of hydrogen-bond donors (Lipinski definition) is 2. The van der Waals surface area contributed by atoms with Gasteiger partial charge in [-0.3, -0.25) is 9.69 Å². The first-order valence-electron chi connectivity index (χ1n) is 6.36. The lowest BCUT2D eigenvalue weighted by atomic mass is 10.1. The number of carbonyl (C=O) groups excluding carboxylic acids is 1. The van der Waals surface area contributed by atoms with Gasteiger partial charge in [-0.1, -0.05) is 6.92 Å². The van der Waals surface area contributed by atoms with E-state index in [1.807, 2.05) is 13.8 Å². The van der Waals surface area contributed by atoms with Crippen molar-refractivity contribution in [1.29, 1.82) is 0 Å². The molecule has 1 aliphatic rings. The molecular formula is C12H25N3O2. The van der Waals surface area contributed by atoms with Gasteiger partial charge in [-0.05, 0) is 26.3 Å². The van der Waals surface area contributed by atoms with Crippen molar-refractivity contribution in [2.75, 3.05) is 32.8 Å². The van der Waals surface area contributed by atoms with E-state index in [2.05, 4.69) is 17.1 Å². The van der Waals surface area contributed by atoms with Gasteiger partial charge in [0.2, 0.25) is 5.91 Å². The standard InChI is InChI=1S/C12H25N3O2/c1-9(2)14-12(16)11-8-17-5-4-15(11)7-10(3)6-13/h9-11H,4-8,13H2,1-3H3,(H,14,16). The number of rotatable bonds is 5. The van der Waals surface area contributed by atoms with Crippen molar-refractivity contribution >= 4 is 5.91 Å². The molecule has 2 atom stereocenters. The zero-order valence-corrected chi connectivity index (χ0v) is 11.1. The van der Waals surface area contributed by atoms with E-state index in [0.717, 1.165) is 13.1 Å². The normalized spacial score (nSPS) is 23.7. The molecular weight excluding hydrogens is 218 g/mol. The van der Waals surface area contributed by atoms with Crippen molar-refractivity contribution in [3.05, 3.63) is 0 Å². The van der Waals surface area contributed by atoms with Crippen LogP contribution < -0.4 is 11.1 Å². The molecule has 0 aromatic rings. The van der Waals surface area contributed by atoms with Gasteiger partial charge in [0.25, 0.3) is 0 Å². The Kier molecular flexibility index (Phi) is 5.88. The minimum atomic E-state index is -0.167. The van der Waals surface area contributed by atoms with Gasteiger partial charge in [0, 0.05) is 19.1 Å². The first kappa shape index (κ1) is 14.4. The third-order valence-electron chi connectivity index (χ3n) is 2.92. The van der Waals surface area contributed by atoms with Crippen LogP contribution >= 0.6 is 0 Å². The zero-order chi connectivity index (χ0) is 12.8. The lowest BCUT2D eigenvalue weighted by Crippen LogP contribution is -2.56. The number of nitrogens with zero attached hydrogens (tertiary/aromatic N) is 1. The first-order chi connectivity index (χ1) is 8.04. The number of nitrogens with one attached hydrogen (secondary N) is 1. The fourth-order valence-electron chi connectivity index (χ4n) is 1.95. The number of nitrogens with two attached hydrogens (primary N) is 1. The van der Waals surface area contributed by atoms with Gasteiger partial charge >= 0.3 is 0 Å². The molecule has 1 amide bonds. The Morgan fingerprint density at radius 2 is 2.24 bits per heavy atom. The van der Waals surface area contributed by atoms with Crippen LogP contribution in [0.5, 0.6) is 0 Å². The van der Waals surface area contributed by atoms with Crippen LogP contribution in [0.2, 0.25) is 0 Å². The van der Waals surface area contributed by atoms with Gasteiger partial charge in [0.05, 0.1) is 13.2 Å². The number of ether oxygens (including phenoxy) is 1. The highest BCUT2D eigenvalue weighted by Gasteiger charge is 2.30. The zero-order valence-electron chi connectivity index (χ0n) is 11.1. The molecule has 3 N–H and O–H groups in total. The summed E-state index contributed by atoms with van der Waals surface area (Å²) in [6, 6.07) is -0.00152.